The summed E-state index contributed by atoms with van der Waals surface area (Å²) >= 11 is 0. The van der Waals surface area contributed by atoms with Crippen LogP contribution in [0.3, 0.4) is 0 Å². The van der Waals surface area contributed by atoms with Crippen molar-refractivity contribution in [2.45, 2.75) is 19.8 Å². The molecule has 37 heavy (non-hydrogen) atoms. The molecule has 0 spiro atoms. The fraction of sp³-hybridized carbons (Fsp3) is 0.118. The molecule has 7 rings (SSSR count). The van der Waals surface area contributed by atoms with E-state index in [1.54, 1.807) is 0 Å². The fourth-order valence-electron chi connectivity index (χ4n) is 5.89. The molecule has 3 nitrogen and oxygen atoms in total. The van der Waals surface area contributed by atoms with Crippen LogP contribution in [0.15, 0.2) is 115 Å². The highest BCUT2D eigenvalue weighted by molar-refractivity contribution is 6.10. The van der Waals surface area contributed by atoms with E-state index < -0.39 is 0 Å². The summed E-state index contributed by atoms with van der Waals surface area (Å²) in [5, 5.41) is 4.85. The molecule has 180 valence electrons. The molecule has 0 bridgehead atoms. The average Bonchev–Trinajstić information content (AvgIpc) is 2.94. The van der Waals surface area contributed by atoms with E-state index in [2.05, 4.69) is 96.8 Å². The molecule has 1 aliphatic carbocycles. The summed E-state index contributed by atoms with van der Waals surface area (Å²) in [6, 6.07) is 32.6. The van der Waals surface area contributed by atoms with Gasteiger partial charge in [0.1, 0.15) is 11.5 Å². The van der Waals surface area contributed by atoms with Crippen molar-refractivity contribution in [1.29, 1.82) is 0 Å². The number of nitrogens with zero attached hydrogens (tertiary/aromatic N) is 1. The highest BCUT2D eigenvalue weighted by Gasteiger charge is 2.21. The number of allylic oxidation sites excluding steroid dienone is 3. The topological polar surface area (TPSA) is 38.5 Å². The van der Waals surface area contributed by atoms with E-state index in [0.29, 0.717) is 0 Å². The number of benzene rings is 5. The van der Waals surface area contributed by atoms with Crippen LogP contribution < -0.4 is 15.4 Å². The maximum Gasteiger partial charge on any atom is 0.135 e. The Bertz CT molecular complexity index is 1760. The molecule has 1 aliphatic heterocycles. The summed E-state index contributed by atoms with van der Waals surface area (Å²) in [4.78, 5) is 2.34. The number of rotatable bonds is 4. The summed E-state index contributed by atoms with van der Waals surface area (Å²) in [5.41, 5.74) is 14.4. The predicted octanol–water partition coefficient (Wildman–Crippen LogP) is 8.78. The van der Waals surface area contributed by atoms with Gasteiger partial charge in [-0.15, -0.1) is 0 Å². The van der Waals surface area contributed by atoms with Crippen LogP contribution in [0.1, 0.15) is 19.8 Å². The van der Waals surface area contributed by atoms with Gasteiger partial charge in [-0.05, 0) is 89.0 Å². The van der Waals surface area contributed by atoms with Gasteiger partial charge in [0.2, 0.25) is 0 Å². The molecule has 0 fully saturated rings. The third kappa shape index (κ3) is 3.50. The second-order valence-electron chi connectivity index (χ2n) is 9.77. The van der Waals surface area contributed by atoms with Gasteiger partial charge >= 0.3 is 0 Å². The van der Waals surface area contributed by atoms with E-state index in [9.17, 15) is 0 Å². The minimum absolute atomic E-state index is 0.873. The Balaban J connectivity index is 1.32. The molecule has 0 saturated carbocycles. The van der Waals surface area contributed by atoms with Gasteiger partial charge in [-0.1, -0.05) is 66.7 Å². The third-order valence-electron chi connectivity index (χ3n) is 7.67. The first-order valence-electron chi connectivity index (χ1n) is 13.0. The van der Waals surface area contributed by atoms with Crippen LogP contribution >= 0.6 is 0 Å². The van der Waals surface area contributed by atoms with Crippen molar-refractivity contribution in [3.8, 4) is 33.8 Å². The second-order valence-corrected chi connectivity index (χ2v) is 9.77. The number of hydrogen-bond donors (Lipinski definition) is 1. The van der Waals surface area contributed by atoms with Crippen molar-refractivity contribution in [3.05, 3.63) is 115 Å². The highest BCUT2D eigenvalue weighted by Crippen LogP contribution is 2.48. The van der Waals surface area contributed by atoms with Crippen molar-refractivity contribution in [1.82, 2.24) is 0 Å². The molecule has 1 heterocycles. The van der Waals surface area contributed by atoms with Gasteiger partial charge in [-0.3, -0.25) is 0 Å². The predicted molar refractivity (Wildman–Crippen MR) is 155 cm³/mol. The molecule has 2 N–H and O–H groups in total. The minimum atomic E-state index is 0.873. The Hall–Kier alpha value is -4.50. The third-order valence-corrected chi connectivity index (χ3v) is 7.67. The summed E-state index contributed by atoms with van der Waals surface area (Å²) < 4.78 is 6.29. The van der Waals surface area contributed by atoms with Gasteiger partial charge < -0.3 is 15.4 Å². The van der Waals surface area contributed by atoms with Crippen LogP contribution in [-0.2, 0) is 0 Å². The Labute approximate surface area is 217 Å². The van der Waals surface area contributed by atoms with E-state index in [1.165, 1.54) is 49.6 Å². The zero-order valence-corrected chi connectivity index (χ0v) is 20.9. The van der Waals surface area contributed by atoms with Crippen LogP contribution in [0.4, 0.5) is 5.69 Å². The summed E-state index contributed by atoms with van der Waals surface area (Å²) in [7, 11) is 0. The lowest BCUT2D eigenvalue weighted by atomic mass is 9.90. The SMILES string of the molecule is CCN(C1=C(N)C=CCC1)c1ccc2cc(-c3ccc4c5c(cccc35)-c3ccccc3O4)ccc2c1. The minimum Gasteiger partial charge on any atom is -0.456 e. The summed E-state index contributed by atoms with van der Waals surface area (Å²) in [6.07, 6.45) is 6.21. The standard InChI is InChI=1S/C34H28N2O/c1-2-36(31-12-5-4-11-30(31)35)25-17-16-22-20-24(15-14-23(22)21-25)26-18-19-33-34-28(26)9-7-10-29(34)27-8-3-6-13-32(27)37-33/h3-4,6-11,13-21H,2,5,12,35H2,1H3. The molecule has 0 amide bonds. The van der Waals surface area contributed by atoms with Gasteiger partial charge in [0, 0.05) is 28.9 Å². The Morgan fingerprint density at radius 1 is 0.784 bits per heavy atom. The van der Waals surface area contributed by atoms with Crippen molar-refractivity contribution < 1.29 is 4.74 Å². The molecule has 5 aromatic carbocycles. The zero-order valence-electron chi connectivity index (χ0n) is 20.9. The molecular formula is C34H28N2O. The van der Waals surface area contributed by atoms with Crippen LogP contribution in [0.2, 0.25) is 0 Å². The van der Waals surface area contributed by atoms with Gasteiger partial charge in [0.25, 0.3) is 0 Å². The van der Waals surface area contributed by atoms with Crippen LogP contribution in [0.5, 0.6) is 11.5 Å². The van der Waals surface area contributed by atoms with Crippen LogP contribution in [-0.4, -0.2) is 6.54 Å². The van der Waals surface area contributed by atoms with E-state index in [-0.39, 0.29) is 0 Å². The Morgan fingerprint density at radius 2 is 1.62 bits per heavy atom. The maximum absolute atomic E-state index is 6.34. The monoisotopic (exact) mass is 480 g/mol. The van der Waals surface area contributed by atoms with Crippen molar-refractivity contribution >= 4 is 27.2 Å². The van der Waals surface area contributed by atoms with E-state index >= 15 is 0 Å². The molecule has 0 atom stereocenters. The largest absolute Gasteiger partial charge is 0.456 e. The molecule has 0 unspecified atom stereocenters. The maximum atomic E-state index is 6.34. The molecular weight excluding hydrogens is 452 g/mol. The van der Waals surface area contributed by atoms with Crippen molar-refractivity contribution in [3.63, 3.8) is 0 Å². The van der Waals surface area contributed by atoms with E-state index in [0.717, 1.165) is 42.1 Å². The molecule has 3 heteroatoms. The number of para-hydroxylation sites is 1. The first-order chi connectivity index (χ1) is 18.2. The smallest absolute Gasteiger partial charge is 0.135 e. The second kappa shape index (κ2) is 8.56. The first-order valence-corrected chi connectivity index (χ1v) is 13.0. The number of nitrogens with two attached hydrogens (primary N) is 1. The van der Waals surface area contributed by atoms with E-state index in [1.807, 2.05) is 18.2 Å². The lowest BCUT2D eigenvalue weighted by molar-refractivity contribution is 0.487. The fourth-order valence-corrected chi connectivity index (χ4v) is 5.89. The van der Waals surface area contributed by atoms with Gasteiger partial charge in [0.05, 0.1) is 5.70 Å². The zero-order chi connectivity index (χ0) is 24.9. The first kappa shape index (κ1) is 21.8. The lowest BCUT2D eigenvalue weighted by Crippen LogP contribution is -2.26. The average molecular weight is 481 g/mol. The number of fused-ring (bicyclic) bond motifs is 3. The Kier molecular flexibility index (Phi) is 5.03. The van der Waals surface area contributed by atoms with Crippen LogP contribution in [0, 0.1) is 0 Å². The quantitative estimate of drug-likeness (QED) is 0.274. The summed E-state index contributed by atoms with van der Waals surface area (Å²) in [5.74, 6) is 1.84. The molecule has 0 radical (unpaired) electrons. The van der Waals surface area contributed by atoms with Gasteiger partial charge in [0.15, 0.2) is 0 Å². The van der Waals surface area contributed by atoms with Crippen molar-refractivity contribution in [2.24, 2.45) is 5.73 Å². The summed E-state index contributed by atoms with van der Waals surface area (Å²) in [6.45, 7) is 3.07. The molecule has 0 aromatic heterocycles. The lowest BCUT2D eigenvalue weighted by Gasteiger charge is -2.29. The van der Waals surface area contributed by atoms with E-state index in [4.69, 9.17) is 10.5 Å². The molecule has 0 saturated heterocycles. The van der Waals surface area contributed by atoms with Crippen molar-refractivity contribution in [2.75, 3.05) is 11.4 Å². The number of ether oxygens (including phenoxy) is 1. The number of anilines is 1. The highest BCUT2D eigenvalue weighted by atomic mass is 16.5. The van der Waals surface area contributed by atoms with Gasteiger partial charge in [-0.2, -0.15) is 0 Å². The molecule has 5 aromatic rings. The van der Waals surface area contributed by atoms with Gasteiger partial charge in [-0.25, -0.2) is 0 Å². The number of hydrogen-bond acceptors (Lipinski definition) is 3. The molecule has 2 aliphatic rings. The van der Waals surface area contributed by atoms with Crippen LogP contribution in [0.25, 0.3) is 43.8 Å². The normalized spacial score (nSPS) is 14.1. The Morgan fingerprint density at radius 3 is 2.51 bits per heavy atom.